The molecule has 158 valence electrons. The van der Waals surface area contributed by atoms with E-state index in [0.29, 0.717) is 6.42 Å². The van der Waals surface area contributed by atoms with E-state index in [1.807, 2.05) is 13.8 Å². The van der Waals surface area contributed by atoms with Crippen molar-refractivity contribution >= 4 is 6.09 Å². The summed E-state index contributed by atoms with van der Waals surface area (Å²) < 4.78 is 63.3. The van der Waals surface area contributed by atoms with Gasteiger partial charge in [0.05, 0.1) is 5.69 Å². The highest BCUT2D eigenvalue weighted by Gasteiger charge is 2.35. The first kappa shape index (κ1) is 22.4. The van der Waals surface area contributed by atoms with Crippen LogP contribution in [0.15, 0.2) is 30.5 Å². The second-order valence-electron chi connectivity index (χ2n) is 7.17. The molecule has 0 fully saturated rings. The van der Waals surface area contributed by atoms with E-state index in [1.54, 1.807) is 6.92 Å². The van der Waals surface area contributed by atoms with Gasteiger partial charge in [0.1, 0.15) is 12.2 Å². The Morgan fingerprint density at radius 2 is 1.93 bits per heavy atom. The van der Waals surface area contributed by atoms with Crippen LogP contribution in [-0.2, 0) is 10.9 Å². The molecule has 2 N–H and O–H groups in total. The summed E-state index contributed by atoms with van der Waals surface area (Å²) in [5.41, 5.74) is 4.07. The summed E-state index contributed by atoms with van der Waals surface area (Å²) in [6.07, 6.45) is -4.31. The number of nitrogens with zero attached hydrogens (tertiary/aromatic N) is 2. The van der Waals surface area contributed by atoms with Gasteiger partial charge in [-0.15, -0.1) is 0 Å². The Morgan fingerprint density at radius 1 is 1.24 bits per heavy atom. The monoisotopic (exact) mass is 415 g/mol. The molecule has 2 aromatic rings. The topological polar surface area (TPSA) is 87.3 Å². The predicted molar refractivity (Wildman–Crippen MR) is 96.5 cm³/mol. The molecule has 0 bridgehead atoms. The minimum Gasteiger partial charge on any atom is -0.486 e. The van der Waals surface area contributed by atoms with Gasteiger partial charge in [-0.1, -0.05) is 13.8 Å². The number of halogens is 4. The van der Waals surface area contributed by atoms with Crippen molar-refractivity contribution in [2.24, 2.45) is 11.7 Å². The molecule has 1 heterocycles. The zero-order valence-corrected chi connectivity index (χ0v) is 16.1. The van der Waals surface area contributed by atoms with Crippen LogP contribution in [0.5, 0.6) is 5.75 Å². The number of primary amides is 1. The van der Waals surface area contributed by atoms with E-state index >= 15 is 0 Å². The largest absolute Gasteiger partial charge is 0.486 e. The summed E-state index contributed by atoms with van der Waals surface area (Å²) in [6.45, 7) is 5.28. The van der Waals surface area contributed by atoms with Gasteiger partial charge >= 0.3 is 12.3 Å². The summed E-state index contributed by atoms with van der Waals surface area (Å²) in [4.78, 5) is 17.7. The van der Waals surface area contributed by atoms with Crippen LogP contribution in [0.3, 0.4) is 0 Å². The second-order valence-corrected chi connectivity index (χ2v) is 7.17. The van der Waals surface area contributed by atoms with Gasteiger partial charge in [-0.05, 0) is 43.5 Å². The highest BCUT2D eigenvalue weighted by Crippen LogP contribution is 2.30. The smallest absolute Gasteiger partial charge is 0.451 e. The molecule has 6 nitrogen and oxygen atoms in total. The average molecular weight is 415 g/mol. The molecular weight excluding hydrogens is 394 g/mol. The first-order valence-corrected chi connectivity index (χ1v) is 8.71. The number of rotatable bonds is 7. The molecule has 1 aromatic carbocycles. The van der Waals surface area contributed by atoms with Crippen molar-refractivity contribution in [3.63, 3.8) is 0 Å². The molecule has 1 amide bonds. The third-order valence-corrected chi connectivity index (χ3v) is 3.86. The minimum atomic E-state index is -4.71. The van der Waals surface area contributed by atoms with Crippen molar-refractivity contribution in [1.82, 2.24) is 9.97 Å². The summed E-state index contributed by atoms with van der Waals surface area (Å²) in [5, 5.41) is 0. The van der Waals surface area contributed by atoms with Crippen molar-refractivity contribution in [2.45, 2.75) is 39.0 Å². The first-order valence-electron chi connectivity index (χ1n) is 8.71. The van der Waals surface area contributed by atoms with Crippen LogP contribution in [0, 0.1) is 11.7 Å². The maximum Gasteiger partial charge on any atom is 0.451 e. The quantitative estimate of drug-likeness (QED) is 0.669. The molecule has 0 radical (unpaired) electrons. The van der Waals surface area contributed by atoms with Crippen LogP contribution in [0.25, 0.3) is 11.3 Å². The lowest BCUT2D eigenvalue weighted by molar-refractivity contribution is -0.144. The minimum absolute atomic E-state index is 0.0838. The fraction of sp³-hybridized carbons (Fsp3) is 0.421. The number of alkyl halides is 3. The van der Waals surface area contributed by atoms with E-state index in [9.17, 15) is 22.4 Å². The molecule has 0 aliphatic rings. The van der Waals surface area contributed by atoms with Gasteiger partial charge in [0, 0.05) is 11.8 Å². The Kier molecular flexibility index (Phi) is 6.66. The van der Waals surface area contributed by atoms with E-state index in [4.69, 9.17) is 15.2 Å². The van der Waals surface area contributed by atoms with Gasteiger partial charge in [-0.3, -0.25) is 0 Å². The normalized spacial score (nSPS) is 13.8. The number of ether oxygens (including phenoxy) is 2. The van der Waals surface area contributed by atoms with Gasteiger partial charge in [0.15, 0.2) is 11.6 Å². The summed E-state index contributed by atoms with van der Waals surface area (Å²) in [6, 6.07) is 4.88. The van der Waals surface area contributed by atoms with Crippen molar-refractivity contribution in [2.75, 3.05) is 6.61 Å². The number of nitrogens with two attached hydrogens (primary N) is 1. The maximum absolute atomic E-state index is 14.4. The van der Waals surface area contributed by atoms with Gasteiger partial charge in [-0.25, -0.2) is 19.2 Å². The zero-order valence-electron chi connectivity index (χ0n) is 16.1. The van der Waals surface area contributed by atoms with Crippen LogP contribution in [0.4, 0.5) is 22.4 Å². The number of benzene rings is 1. The lowest BCUT2D eigenvalue weighted by atomic mass is 9.95. The molecule has 10 heteroatoms. The van der Waals surface area contributed by atoms with Crippen molar-refractivity contribution < 1.29 is 31.8 Å². The van der Waals surface area contributed by atoms with Gasteiger partial charge < -0.3 is 15.2 Å². The number of aromatic nitrogens is 2. The Morgan fingerprint density at radius 3 is 2.48 bits per heavy atom. The first-order chi connectivity index (χ1) is 13.4. The molecule has 0 aliphatic heterocycles. The van der Waals surface area contributed by atoms with Crippen LogP contribution >= 0.6 is 0 Å². The van der Waals surface area contributed by atoms with Gasteiger partial charge in [0.2, 0.25) is 5.82 Å². The Hall–Kier alpha value is -2.91. The zero-order chi connectivity index (χ0) is 21.8. The number of amides is 1. The Balaban J connectivity index is 2.20. The fourth-order valence-corrected chi connectivity index (χ4v) is 2.90. The number of hydrogen-bond acceptors (Lipinski definition) is 5. The predicted octanol–water partition coefficient (Wildman–Crippen LogP) is 4.58. The molecule has 2 rings (SSSR count). The molecular formula is C19H21F4N3O3. The molecule has 1 unspecified atom stereocenters. The Labute approximate surface area is 165 Å². The molecule has 0 aliphatic carbocycles. The SMILES string of the molecule is CC(C)CC(C)(COc1ccc(-c2ccnc(C(F)(F)F)n2)cc1F)OC(N)=O. The maximum atomic E-state index is 14.4. The van der Waals surface area contributed by atoms with Crippen molar-refractivity contribution in [3.8, 4) is 17.0 Å². The third-order valence-electron chi connectivity index (χ3n) is 3.86. The van der Waals surface area contributed by atoms with Crippen LogP contribution in [-0.4, -0.2) is 28.3 Å². The summed E-state index contributed by atoms with van der Waals surface area (Å²) in [5.74, 6) is -2.12. The molecule has 0 saturated heterocycles. The van der Waals surface area contributed by atoms with E-state index in [1.165, 1.54) is 18.2 Å². The van der Waals surface area contributed by atoms with Crippen LogP contribution in [0.2, 0.25) is 0 Å². The van der Waals surface area contributed by atoms with E-state index in [0.717, 1.165) is 12.3 Å². The van der Waals surface area contributed by atoms with Crippen LogP contribution in [0.1, 0.15) is 33.0 Å². The van der Waals surface area contributed by atoms with Gasteiger partial charge in [-0.2, -0.15) is 13.2 Å². The molecule has 1 atom stereocenters. The molecule has 0 spiro atoms. The van der Waals surface area contributed by atoms with Crippen LogP contribution < -0.4 is 10.5 Å². The number of carbonyl (C=O) groups excluding carboxylic acids is 1. The number of hydrogen-bond donors (Lipinski definition) is 1. The van der Waals surface area contributed by atoms with E-state index in [2.05, 4.69) is 9.97 Å². The fourth-order valence-electron chi connectivity index (χ4n) is 2.90. The molecule has 29 heavy (non-hydrogen) atoms. The highest BCUT2D eigenvalue weighted by atomic mass is 19.4. The number of carbonyl (C=O) groups is 1. The average Bonchev–Trinajstić information content (AvgIpc) is 2.58. The summed E-state index contributed by atoms with van der Waals surface area (Å²) in [7, 11) is 0. The molecule has 1 aromatic heterocycles. The lowest BCUT2D eigenvalue weighted by Crippen LogP contribution is -2.41. The Bertz CT molecular complexity index is 874. The second kappa shape index (κ2) is 8.62. The lowest BCUT2D eigenvalue weighted by Gasteiger charge is -2.30. The standard InChI is InChI=1S/C19H21F4N3O3/c1-11(2)9-18(3,29-17(24)27)10-28-15-5-4-12(8-13(15)20)14-6-7-25-16(26-14)19(21,22)23/h4-8,11H,9-10H2,1-3H3,(H2,24,27). The van der Waals surface area contributed by atoms with Crippen molar-refractivity contribution in [1.29, 1.82) is 0 Å². The highest BCUT2D eigenvalue weighted by molar-refractivity contribution is 5.65. The van der Waals surface area contributed by atoms with Crippen molar-refractivity contribution in [3.05, 3.63) is 42.1 Å². The van der Waals surface area contributed by atoms with Gasteiger partial charge in [0.25, 0.3) is 0 Å². The van der Waals surface area contributed by atoms with E-state index in [-0.39, 0.29) is 29.5 Å². The third kappa shape index (κ3) is 6.30. The molecule has 0 saturated carbocycles. The van der Waals surface area contributed by atoms with E-state index < -0.39 is 29.5 Å². The summed E-state index contributed by atoms with van der Waals surface area (Å²) >= 11 is 0.